The molecule has 0 heterocycles. The number of rotatable bonds is 11. The van der Waals surface area contributed by atoms with E-state index in [-0.39, 0.29) is 5.75 Å². The third-order valence-electron chi connectivity index (χ3n) is 3.69. The zero-order valence-electron chi connectivity index (χ0n) is 17.1. The van der Waals surface area contributed by atoms with Gasteiger partial charge in [-0.15, -0.1) is 0 Å². The molecule has 1 N–H and O–H groups in total. The second-order valence-electron chi connectivity index (χ2n) is 5.96. The van der Waals surface area contributed by atoms with Gasteiger partial charge in [0.2, 0.25) is 0 Å². The van der Waals surface area contributed by atoms with Crippen LogP contribution in [0.2, 0.25) is 0 Å². The molecule has 0 spiro atoms. The van der Waals surface area contributed by atoms with Gasteiger partial charge >= 0.3 is 12.6 Å². The molecule has 0 radical (unpaired) electrons. The molecule has 2 aromatic rings. The number of alkyl halides is 2. The van der Waals surface area contributed by atoms with Gasteiger partial charge in [-0.25, -0.2) is 4.79 Å². The fraction of sp³-hybridized carbons (Fsp3) is 0.273. The molecule has 0 saturated heterocycles. The first-order chi connectivity index (χ1) is 14.9. The minimum atomic E-state index is -2.91. The Kier molecular flexibility index (Phi) is 9.28. The number of esters is 1. The fourth-order valence-electron chi connectivity index (χ4n) is 2.44. The maximum Gasteiger partial charge on any atom is 0.387 e. The standard InChI is InChI=1S/C22H23F2NO6/c1-3-28-18-11-8-16(13-19(18)29-4-2)25-20(26)14-30-21(27)12-7-15-5-9-17(10-6-15)31-22(23)24/h5-13,22H,3-4,14H2,1-2H3,(H,25,26)/b12-7+. The molecule has 2 rings (SSSR count). The molecule has 0 saturated carbocycles. The molecule has 0 unspecified atom stereocenters. The highest BCUT2D eigenvalue weighted by atomic mass is 19.3. The van der Waals surface area contributed by atoms with E-state index in [1.54, 1.807) is 18.2 Å². The Morgan fingerprint density at radius 3 is 2.32 bits per heavy atom. The Labute approximate surface area is 178 Å². The van der Waals surface area contributed by atoms with E-state index in [1.807, 2.05) is 13.8 Å². The predicted octanol–water partition coefficient (Wildman–Crippen LogP) is 4.28. The number of nitrogens with one attached hydrogen (secondary N) is 1. The molecule has 9 heteroatoms. The van der Waals surface area contributed by atoms with Gasteiger partial charge in [0, 0.05) is 17.8 Å². The molecule has 0 bridgehead atoms. The van der Waals surface area contributed by atoms with E-state index >= 15 is 0 Å². The summed E-state index contributed by atoms with van der Waals surface area (Å²) in [6.45, 7) is 1.20. The summed E-state index contributed by atoms with van der Waals surface area (Å²) >= 11 is 0. The minimum Gasteiger partial charge on any atom is -0.490 e. The average molecular weight is 435 g/mol. The van der Waals surface area contributed by atoms with Crippen LogP contribution in [0.25, 0.3) is 6.08 Å². The van der Waals surface area contributed by atoms with Gasteiger partial charge in [0.05, 0.1) is 13.2 Å². The molecule has 31 heavy (non-hydrogen) atoms. The van der Waals surface area contributed by atoms with Crippen LogP contribution in [-0.4, -0.2) is 38.3 Å². The van der Waals surface area contributed by atoms with Crippen molar-refractivity contribution in [2.45, 2.75) is 20.5 Å². The maximum atomic E-state index is 12.1. The highest BCUT2D eigenvalue weighted by Gasteiger charge is 2.10. The zero-order chi connectivity index (χ0) is 22.6. The van der Waals surface area contributed by atoms with Crippen LogP contribution < -0.4 is 19.5 Å². The Morgan fingerprint density at radius 1 is 1.00 bits per heavy atom. The molecular formula is C22H23F2NO6. The summed E-state index contributed by atoms with van der Waals surface area (Å²) in [7, 11) is 0. The summed E-state index contributed by atoms with van der Waals surface area (Å²) in [6, 6.07) is 10.6. The average Bonchev–Trinajstić information content (AvgIpc) is 2.73. The van der Waals surface area contributed by atoms with Gasteiger partial charge in [-0.3, -0.25) is 4.79 Å². The van der Waals surface area contributed by atoms with Crippen molar-refractivity contribution >= 4 is 23.6 Å². The lowest BCUT2D eigenvalue weighted by Crippen LogP contribution is -2.20. The molecule has 0 aliphatic heterocycles. The number of hydrogen-bond acceptors (Lipinski definition) is 6. The van der Waals surface area contributed by atoms with Crippen molar-refractivity contribution in [3.63, 3.8) is 0 Å². The lowest BCUT2D eigenvalue weighted by atomic mass is 10.2. The second kappa shape index (κ2) is 12.2. The Balaban J connectivity index is 1.84. The second-order valence-corrected chi connectivity index (χ2v) is 5.96. The number of halogens is 2. The van der Waals surface area contributed by atoms with Crippen LogP contribution in [-0.2, 0) is 14.3 Å². The van der Waals surface area contributed by atoms with Gasteiger partial charge in [0.15, 0.2) is 18.1 Å². The first kappa shape index (κ1) is 23.7. The van der Waals surface area contributed by atoms with Gasteiger partial charge in [0.25, 0.3) is 5.91 Å². The fourth-order valence-corrected chi connectivity index (χ4v) is 2.44. The van der Waals surface area contributed by atoms with Crippen LogP contribution in [0.15, 0.2) is 48.5 Å². The molecule has 7 nitrogen and oxygen atoms in total. The Hall–Kier alpha value is -3.62. The third kappa shape index (κ3) is 8.33. The SMILES string of the molecule is CCOc1ccc(NC(=O)COC(=O)/C=C/c2ccc(OC(F)F)cc2)cc1OCC. The van der Waals surface area contributed by atoms with Crippen LogP contribution in [0.4, 0.5) is 14.5 Å². The molecule has 0 aliphatic carbocycles. The number of ether oxygens (including phenoxy) is 4. The van der Waals surface area contributed by atoms with Crippen LogP contribution >= 0.6 is 0 Å². The van der Waals surface area contributed by atoms with E-state index < -0.39 is 25.1 Å². The number of amides is 1. The van der Waals surface area contributed by atoms with E-state index in [1.165, 1.54) is 30.3 Å². The van der Waals surface area contributed by atoms with Crippen molar-refractivity contribution in [3.8, 4) is 17.2 Å². The number of hydrogen-bond donors (Lipinski definition) is 1. The summed E-state index contributed by atoms with van der Waals surface area (Å²) in [5.41, 5.74) is 1.04. The minimum absolute atomic E-state index is 0.00758. The maximum absolute atomic E-state index is 12.1. The van der Waals surface area contributed by atoms with Crippen LogP contribution in [0.3, 0.4) is 0 Å². The lowest BCUT2D eigenvalue weighted by Gasteiger charge is -2.13. The van der Waals surface area contributed by atoms with E-state index in [2.05, 4.69) is 10.1 Å². The smallest absolute Gasteiger partial charge is 0.387 e. The monoisotopic (exact) mass is 435 g/mol. The summed E-state index contributed by atoms with van der Waals surface area (Å²) < 4.78 is 44.3. The molecule has 0 aliphatic rings. The normalized spacial score (nSPS) is 10.7. The topological polar surface area (TPSA) is 83.1 Å². The van der Waals surface area contributed by atoms with Gasteiger partial charge < -0.3 is 24.3 Å². The molecule has 0 atom stereocenters. The van der Waals surface area contributed by atoms with E-state index in [0.29, 0.717) is 36.0 Å². The largest absolute Gasteiger partial charge is 0.490 e. The van der Waals surface area contributed by atoms with Crippen molar-refractivity contribution in [2.75, 3.05) is 25.1 Å². The van der Waals surface area contributed by atoms with Crippen molar-refractivity contribution in [1.82, 2.24) is 0 Å². The predicted molar refractivity (Wildman–Crippen MR) is 110 cm³/mol. The van der Waals surface area contributed by atoms with Crippen LogP contribution in [0.5, 0.6) is 17.2 Å². The van der Waals surface area contributed by atoms with Gasteiger partial charge in [-0.05, 0) is 49.8 Å². The molecule has 1 amide bonds. The molecule has 0 aromatic heterocycles. The first-order valence-electron chi connectivity index (χ1n) is 9.50. The van der Waals surface area contributed by atoms with Gasteiger partial charge in [0.1, 0.15) is 5.75 Å². The number of anilines is 1. The van der Waals surface area contributed by atoms with Gasteiger partial charge in [-0.1, -0.05) is 12.1 Å². The Morgan fingerprint density at radius 2 is 1.68 bits per heavy atom. The third-order valence-corrected chi connectivity index (χ3v) is 3.69. The van der Waals surface area contributed by atoms with E-state index in [4.69, 9.17) is 14.2 Å². The lowest BCUT2D eigenvalue weighted by molar-refractivity contribution is -0.142. The number of benzene rings is 2. The van der Waals surface area contributed by atoms with Crippen molar-refractivity contribution in [2.24, 2.45) is 0 Å². The van der Waals surface area contributed by atoms with Gasteiger partial charge in [-0.2, -0.15) is 8.78 Å². The number of carbonyl (C=O) groups excluding carboxylic acids is 2. The summed E-state index contributed by atoms with van der Waals surface area (Å²) in [5.74, 6) is -0.195. The molecule has 166 valence electrons. The van der Waals surface area contributed by atoms with Crippen molar-refractivity contribution in [3.05, 3.63) is 54.1 Å². The summed E-state index contributed by atoms with van der Waals surface area (Å²) in [4.78, 5) is 23.8. The highest BCUT2D eigenvalue weighted by molar-refractivity contribution is 5.94. The van der Waals surface area contributed by atoms with Crippen LogP contribution in [0, 0.1) is 0 Å². The Bertz CT molecular complexity index is 899. The quantitative estimate of drug-likeness (QED) is 0.419. The highest BCUT2D eigenvalue weighted by Crippen LogP contribution is 2.30. The zero-order valence-corrected chi connectivity index (χ0v) is 17.1. The summed E-state index contributed by atoms with van der Waals surface area (Å²) in [6.07, 6.45) is 2.55. The van der Waals surface area contributed by atoms with Crippen molar-refractivity contribution < 1.29 is 37.3 Å². The summed E-state index contributed by atoms with van der Waals surface area (Å²) in [5, 5.41) is 2.61. The molecule has 2 aromatic carbocycles. The molecular weight excluding hydrogens is 412 g/mol. The number of carbonyl (C=O) groups is 2. The van der Waals surface area contributed by atoms with E-state index in [9.17, 15) is 18.4 Å². The van der Waals surface area contributed by atoms with E-state index in [0.717, 1.165) is 6.08 Å². The van der Waals surface area contributed by atoms with Crippen LogP contribution in [0.1, 0.15) is 19.4 Å². The van der Waals surface area contributed by atoms with Crippen molar-refractivity contribution in [1.29, 1.82) is 0 Å². The first-order valence-corrected chi connectivity index (χ1v) is 9.50. The molecule has 0 fully saturated rings.